The van der Waals surface area contributed by atoms with Gasteiger partial charge in [0.15, 0.2) is 5.69 Å². The van der Waals surface area contributed by atoms with Gasteiger partial charge in [-0.05, 0) is 37.3 Å². The Kier molecular flexibility index (Phi) is 5.36. The largest absolute Gasteiger partial charge is 0.497 e. The third kappa shape index (κ3) is 3.83. The molecular weight excluding hydrogens is 396 g/mol. The van der Waals surface area contributed by atoms with Crippen molar-refractivity contribution in [3.63, 3.8) is 0 Å². The third-order valence-electron chi connectivity index (χ3n) is 4.77. The molecule has 0 radical (unpaired) electrons. The van der Waals surface area contributed by atoms with Gasteiger partial charge < -0.3 is 14.8 Å². The smallest absolute Gasteiger partial charge is 0.279 e. The van der Waals surface area contributed by atoms with Crippen molar-refractivity contribution in [2.24, 2.45) is 0 Å². The Morgan fingerprint density at radius 2 is 1.74 bits per heavy atom. The molecule has 0 saturated heterocycles. The first-order valence-electron chi connectivity index (χ1n) is 9.51. The second kappa shape index (κ2) is 8.27. The number of ether oxygens (including phenoxy) is 2. The van der Waals surface area contributed by atoms with E-state index in [0.717, 1.165) is 5.69 Å². The normalized spacial score (nSPS) is 10.7. The summed E-state index contributed by atoms with van der Waals surface area (Å²) in [5.74, 6) is 0.875. The average Bonchev–Trinajstić information content (AvgIpc) is 2.79. The molecule has 2 heterocycles. The van der Waals surface area contributed by atoms with E-state index in [4.69, 9.17) is 9.47 Å². The zero-order valence-electron chi connectivity index (χ0n) is 17.2. The number of anilines is 1. The molecule has 2 aromatic carbocycles. The molecule has 0 spiro atoms. The summed E-state index contributed by atoms with van der Waals surface area (Å²) < 4.78 is 11.8. The second-order valence-electron chi connectivity index (χ2n) is 6.77. The highest BCUT2D eigenvalue weighted by atomic mass is 16.5. The maximum Gasteiger partial charge on any atom is 0.279 e. The number of nitrogens with zero attached hydrogens (tertiary/aromatic N) is 3. The highest BCUT2D eigenvalue weighted by molar-refractivity contribution is 6.10. The third-order valence-corrected chi connectivity index (χ3v) is 4.77. The lowest BCUT2D eigenvalue weighted by Crippen LogP contribution is -2.27. The lowest BCUT2D eigenvalue weighted by atomic mass is 10.1. The molecule has 0 fully saturated rings. The Morgan fingerprint density at radius 3 is 2.45 bits per heavy atom. The van der Waals surface area contributed by atoms with E-state index in [2.05, 4.69) is 15.4 Å². The number of hydrogen-bond donors (Lipinski definition) is 1. The number of carbonyl (C=O) groups excluding carboxylic acids is 1. The number of benzene rings is 2. The summed E-state index contributed by atoms with van der Waals surface area (Å²) in [5.41, 5.74) is 0.881. The van der Waals surface area contributed by atoms with E-state index < -0.39 is 5.91 Å². The molecule has 4 aromatic rings. The molecule has 2 aromatic heterocycles. The summed E-state index contributed by atoms with van der Waals surface area (Å²) in [4.78, 5) is 30.6. The Bertz CT molecular complexity index is 1350. The fraction of sp³-hybridized carbons (Fsp3) is 0.130. The van der Waals surface area contributed by atoms with Crippen molar-refractivity contribution in [3.05, 3.63) is 82.4 Å². The maximum atomic E-state index is 13.2. The maximum absolute atomic E-state index is 13.2. The first-order chi connectivity index (χ1) is 15.0. The van der Waals surface area contributed by atoms with Crippen molar-refractivity contribution >= 4 is 22.5 Å². The summed E-state index contributed by atoms with van der Waals surface area (Å²) >= 11 is 0. The SMILES string of the molecule is COc1ccc(-n2nc(C(=O)Nc3cccc(C)n3)c3ccccc3c2=O)c(OC)c1. The van der Waals surface area contributed by atoms with Crippen LogP contribution in [0.4, 0.5) is 5.82 Å². The van der Waals surface area contributed by atoms with Crippen LogP contribution in [0.1, 0.15) is 16.2 Å². The topological polar surface area (TPSA) is 95.3 Å². The van der Waals surface area contributed by atoms with Crippen LogP contribution < -0.4 is 20.3 Å². The lowest BCUT2D eigenvalue weighted by molar-refractivity contribution is 0.102. The molecule has 0 aliphatic carbocycles. The standard InChI is InChI=1S/C23H20N4O4/c1-14-7-6-10-20(24-14)25-22(28)21-16-8-4-5-9-17(16)23(29)27(26-21)18-12-11-15(30-2)13-19(18)31-3/h4-13H,1-3H3,(H,24,25,28). The highest BCUT2D eigenvalue weighted by Gasteiger charge is 2.20. The highest BCUT2D eigenvalue weighted by Crippen LogP contribution is 2.27. The van der Waals surface area contributed by atoms with Gasteiger partial charge in [0, 0.05) is 17.1 Å². The zero-order chi connectivity index (χ0) is 22.0. The van der Waals surface area contributed by atoms with Crippen LogP contribution in [0.25, 0.3) is 16.5 Å². The van der Waals surface area contributed by atoms with Gasteiger partial charge in [0.25, 0.3) is 11.5 Å². The van der Waals surface area contributed by atoms with Gasteiger partial charge in [-0.3, -0.25) is 9.59 Å². The number of fused-ring (bicyclic) bond motifs is 1. The number of carbonyl (C=O) groups is 1. The Morgan fingerprint density at radius 1 is 0.968 bits per heavy atom. The van der Waals surface area contributed by atoms with Crippen LogP contribution in [0.2, 0.25) is 0 Å². The molecule has 0 saturated carbocycles. The Hall–Kier alpha value is -4.20. The van der Waals surface area contributed by atoms with Crippen LogP contribution in [0.15, 0.2) is 65.5 Å². The molecule has 8 nitrogen and oxygen atoms in total. The van der Waals surface area contributed by atoms with Gasteiger partial charge in [0.2, 0.25) is 0 Å². The molecule has 0 atom stereocenters. The van der Waals surface area contributed by atoms with Crippen molar-refractivity contribution in [1.82, 2.24) is 14.8 Å². The van der Waals surface area contributed by atoms with Crippen LogP contribution in [0.3, 0.4) is 0 Å². The molecule has 0 aliphatic heterocycles. The molecule has 31 heavy (non-hydrogen) atoms. The number of hydrogen-bond acceptors (Lipinski definition) is 6. The van der Waals surface area contributed by atoms with E-state index in [1.165, 1.54) is 18.9 Å². The van der Waals surface area contributed by atoms with Crippen molar-refractivity contribution in [3.8, 4) is 17.2 Å². The minimum Gasteiger partial charge on any atom is -0.497 e. The quantitative estimate of drug-likeness (QED) is 0.536. The van der Waals surface area contributed by atoms with Crippen molar-refractivity contribution in [2.75, 3.05) is 19.5 Å². The number of aromatic nitrogens is 3. The molecule has 8 heteroatoms. The van der Waals surface area contributed by atoms with Crippen LogP contribution in [0.5, 0.6) is 11.5 Å². The molecule has 156 valence electrons. The summed E-state index contributed by atoms with van der Waals surface area (Å²) in [5, 5.41) is 7.96. The number of amides is 1. The summed E-state index contributed by atoms with van der Waals surface area (Å²) in [6.45, 7) is 1.83. The minimum absolute atomic E-state index is 0.0939. The van der Waals surface area contributed by atoms with Crippen molar-refractivity contribution in [1.29, 1.82) is 0 Å². The fourth-order valence-electron chi connectivity index (χ4n) is 3.27. The van der Waals surface area contributed by atoms with Gasteiger partial charge in [-0.2, -0.15) is 9.78 Å². The van der Waals surface area contributed by atoms with E-state index in [1.807, 2.05) is 13.0 Å². The van der Waals surface area contributed by atoms with Gasteiger partial charge in [0.1, 0.15) is 23.0 Å². The number of aryl methyl sites for hydroxylation is 1. The summed E-state index contributed by atoms with van der Waals surface area (Å²) in [6, 6.07) is 17.2. The zero-order valence-corrected chi connectivity index (χ0v) is 17.2. The van der Waals surface area contributed by atoms with Crippen LogP contribution >= 0.6 is 0 Å². The molecule has 0 bridgehead atoms. The Labute approximate surface area is 178 Å². The van der Waals surface area contributed by atoms with Gasteiger partial charge in [-0.25, -0.2) is 4.98 Å². The van der Waals surface area contributed by atoms with Gasteiger partial charge in [-0.1, -0.05) is 24.3 Å². The van der Waals surface area contributed by atoms with Crippen LogP contribution in [-0.4, -0.2) is 34.9 Å². The number of nitrogens with one attached hydrogen (secondary N) is 1. The lowest BCUT2D eigenvalue weighted by Gasteiger charge is -2.14. The average molecular weight is 416 g/mol. The Balaban J connectivity index is 1.90. The minimum atomic E-state index is -0.476. The first kappa shape index (κ1) is 20.1. The molecule has 1 amide bonds. The van der Waals surface area contributed by atoms with Crippen molar-refractivity contribution < 1.29 is 14.3 Å². The number of rotatable bonds is 5. The molecule has 0 aliphatic rings. The van der Waals surface area contributed by atoms with E-state index in [1.54, 1.807) is 54.6 Å². The summed E-state index contributed by atoms with van der Waals surface area (Å²) in [6.07, 6.45) is 0. The second-order valence-corrected chi connectivity index (χ2v) is 6.77. The monoisotopic (exact) mass is 416 g/mol. The fourth-order valence-corrected chi connectivity index (χ4v) is 3.27. The molecule has 4 rings (SSSR count). The number of methoxy groups -OCH3 is 2. The van der Waals surface area contributed by atoms with E-state index in [-0.39, 0.29) is 11.3 Å². The predicted octanol–water partition coefficient (Wildman–Crippen LogP) is 3.36. The van der Waals surface area contributed by atoms with Gasteiger partial charge in [-0.15, -0.1) is 0 Å². The predicted molar refractivity (Wildman–Crippen MR) is 117 cm³/mol. The molecule has 0 unspecified atom stereocenters. The first-order valence-corrected chi connectivity index (χ1v) is 9.51. The van der Waals surface area contributed by atoms with E-state index in [0.29, 0.717) is 33.8 Å². The van der Waals surface area contributed by atoms with Gasteiger partial charge >= 0.3 is 0 Å². The van der Waals surface area contributed by atoms with Crippen LogP contribution in [0, 0.1) is 6.92 Å². The number of pyridine rings is 1. The van der Waals surface area contributed by atoms with Gasteiger partial charge in [0.05, 0.1) is 19.6 Å². The molecule has 1 N–H and O–H groups in total. The molecular formula is C23H20N4O4. The summed E-state index contributed by atoms with van der Waals surface area (Å²) in [7, 11) is 3.03. The van der Waals surface area contributed by atoms with E-state index in [9.17, 15) is 9.59 Å². The van der Waals surface area contributed by atoms with Crippen LogP contribution in [-0.2, 0) is 0 Å². The van der Waals surface area contributed by atoms with E-state index >= 15 is 0 Å². The van der Waals surface area contributed by atoms with Crippen molar-refractivity contribution in [2.45, 2.75) is 6.92 Å².